The molecule has 0 atom stereocenters. The fourth-order valence-corrected chi connectivity index (χ4v) is 3.69. The zero-order valence-electron chi connectivity index (χ0n) is 12.4. The molecule has 3 heterocycles. The number of pyridine rings is 1. The molecule has 124 valence electrons. The summed E-state index contributed by atoms with van der Waals surface area (Å²) in [5.41, 5.74) is -0.755. The third kappa shape index (κ3) is 3.12. The molecule has 0 aromatic carbocycles. The summed E-state index contributed by atoms with van der Waals surface area (Å²) in [4.78, 5) is 18.1. The van der Waals surface area contributed by atoms with E-state index in [1.54, 1.807) is 0 Å². The number of carbonyl (C=O) groups excluding carboxylic acids is 1. The van der Waals surface area contributed by atoms with Crippen molar-refractivity contribution in [2.24, 2.45) is 0 Å². The molecule has 0 spiro atoms. The second-order valence-corrected chi connectivity index (χ2v) is 6.43. The van der Waals surface area contributed by atoms with Crippen LogP contribution in [-0.4, -0.2) is 31.2 Å². The number of hydrogen-bond acceptors (Lipinski definition) is 5. The summed E-state index contributed by atoms with van der Waals surface area (Å²) in [6.45, 7) is 1.40. The first-order valence-electron chi connectivity index (χ1n) is 7.25. The molecule has 0 N–H and O–H groups in total. The van der Waals surface area contributed by atoms with E-state index in [4.69, 9.17) is 0 Å². The van der Waals surface area contributed by atoms with Gasteiger partial charge in [-0.25, -0.2) is 9.78 Å². The maximum atomic E-state index is 13.4. The van der Waals surface area contributed by atoms with E-state index in [1.807, 2.05) is 4.90 Å². The van der Waals surface area contributed by atoms with Crippen molar-refractivity contribution in [2.75, 3.05) is 25.1 Å². The van der Waals surface area contributed by atoms with Gasteiger partial charge in [-0.05, 0) is 31.4 Å². The number of methoxy groups -OCH3 is 1. The number of carbonyl (C=O) groups is 1. The fourth-order valence-electron chi connectivity index (χ4n) is 2.72. The van der Waals surface area contributed by atoms with E-state index < -0.39 is 17.7 Å². The molecule has 4 nitrogen and oxygen atoms in total. The summed E-state index contributed by atoms with van der Waals surface area (Å²) in [5, 5.41) is -0.0522. The Balaban J connectivity index is 2.14. The van der Waals surface area contributed by atoms with E-state index in [2.05, 4.69) is 9.72 Å². The van der Waals surface area contributed by atoms with E-state index in [9.17, 15) is 18.0 Å². The third-order valence-electron chi connectivity index (χ3n) is 3.86. The number of alkyl halides is 3. The molecule has 1 aliphatic rings. The average Bonchev–Trinajstić information content (AvgIpc) is 2.96. The summed E-state index contributed by atoms with van der Waals surface area (Å²) >= 11 is 0.926. The molecule has 0 saturated carbocycles. The largest absolute Gasteiger partial charge is 0.465 e. The van der Waals surface area contributed by atoms with Crippen molar-refractivity contribution < 1.29 is 22.7 Å². The highest BCUT2D eigenvalue weighted by Gasteiger charge is 2.35. The fraction of sp³-hybridized carbons (Fsp3) is 0.467. The zero-order valence-corrected chi connectivity index (χ0v) is 13.3. The predicted octanol–water partition coefficient (Wildman–Crippen LogP) is 4.09. The van der Waals surface area contributed by atoms with Gasteiger partial charge in [0.15, 0.2) is 0 Å². The lowest BCUT2D eigenvalue weighted by atomic mass is 10.1. The van der Waals surface area contributed by atoms with E-state index >= 15 is 0 Å². The van der Waals surface area contributed by atoms with E-state index in [1.165, 1.54) is 13.2 Å². The van der Waals surface area contributed by atoms with Gasteiger partial charge in [-0.3, -0.25) is 0 Å². The number of aromatic nitrogens is 1. The highest BCUT2D eigenvalue weighted by Crippen LogP contribution is 2.39. The molecule has 0 radical (unpaired) electrons. The third-order valence-corrected chi connectivity index (χ3v) is 4.87. The zero-order chi connectivity index (χ0) is 16.6. The normalized spacial score (nSPS) is 15.9. The van der Waals surface area contributed by atoms with Crippen molar-refractivity contribution in [3.8, 4) is 0 Å². The average molecular weight is 344 g/mol. The topological polar surface area (TPSA) is 42.4 Å². The van der Waals surface area contributed by atoms with Crippen LogP contribution >= 0.6 is 11.3 Å². The van der Waals surface area contributed by atoms with Crippen molar-refractivity contribution in [3.05, 3.63) is 22.6 Å². The SMILES string of the molecule is COC(=O)c1cc2c(C(F)(F)F)cc(N3CCCCC3)nc2s1. The van der Waals surface area contributed by atoms with Crippen LogP contribution in [0, 0.1) is 0 Å². The Morgan fingerprint density at radius 3 is 2.57 bits per heavy atom. The van der Waals surface area contributed by atoms with Crippen molar-refractivity contribution in [1.29, 1.82) is 0 Å². The van der Waals surface area contributed by atoms with Gasteiger partial charge in [0.25, 0.3) is 0 Å². The highest BCUT2D eigenvalue weighted by atomic mass is 32.1. The van der Waals surface area contributed by atoms with Crippen molar-refractivity contribution >= 4 is 33.3 Å². The van der Waals surface area contributed by atoms with Crippen LogP contribution in [0.2, 0.25) is 0 Å². The van der Waals surface area contributed by atoms with Crippen molar-refractivity contribution in [3.63, 3.8) is 0 Å². The lowest BCUT2D eigenvalue weighted by molar-refractivity contribution is -0.136. The molecule has 3 rings (SSSR count). The summed E-state index contributed by atoms with van der Waals surface area (Å²) in [6.07, 6.45) is -1.53. The quantitative estimate of drug-likeness (QED) is 0.770. The van der Waals surface area contributed by atoms with E-state index in [-0.39, 0.29) is 15.1 Å². The first-order chi connectivity index (χ1) is 10.9. The van der Waals surface area contributed by atoms with Crippen LogP contribution in [0.1, 0.15) is 34.5 Å². The van der Waals surface area contributed by atoms with Gasteiger partial charge in [0.1, 0.15) is 15.5 Å². The minimum atomic E-state index is -4.50. The van der Waals surface area contributed by atoms with Gasteiger partial charge in [0.05, 0.1) is 12.7 Å². The van der Waals surface area contributed by atoms with Crippen molar-refractivity contribution in [2.45, 2.75) is 25.4 Å². The van der Waals surface area contributed by atoms with Gasteiger partial charge in [-0.15, -0.1) is 11.3 Å². The first kappa shape index (κ1) is 16.0. The van der Waals surface area contributed by atoms with Gasteiger partial charge in [-0.2, -0.15) is 13.2 Å². The number of hydrogen-bond donors (Lipinski definition) is 0. The molecule has 0 bridgehead atoms. The molecule has 2 aromatic heterocycles. The number of nitrogens with zero attached hydrogens (tertiary/aromatic N) is 2. The van der Waals surface area contributed by atoms with Crippen LogP contribution in [0.15, 0.2) is 12.1 Å². The molecule has 1 aliphatic heterocycles. The predicted molar refractivity (Wildman–Crippen MR) is 82.0 cm³/mol. The number of esters is 1. The standard InChI is InChI=1S/C15H15F3N2O2S/c1-22-14(21)11-7-9-10(15(16,17)18)8-12(19-13(9)23-11)20-5-3-2-4-6-20/h7-8H,2-6H2,1H3. The van der Waals surface area contributed by atoms with Crippen molar-refractivity contribution in [1.82, 2.24) is 4.98 Å². The molecule has 1 saturated heterocycles. The molecule has 8 heteroatoms. The number of halogens is 3. The second-order valence-electron chi connectivity index (χ2n) is 5.39. The molecular weight excluding hydrogens is 329 g/mol. The van der Waals surface area contributed by atoms with Gasteiger partial charge in [0.2, 0.25) is 0 Å². The summed E-state index contributed by atoms with van der Waals surface area (Å²) < 4.78 is 44.8. The number of thiophene rings is 1. The molecule has 2 aromatic rings. The maximum Gasteiger partial charge on any atom is 0.417 e. The van der Waals surface area contributed by atoms with Gasteiger partial charge in [0, 0.05) is 18.5 Å². The van der Waals surface area contributed by atoms with Crippen LogP contribution < -0.4 is 4.90 Å². The smallest absolute Gasteiger partial charge is 0.417 e. The molecular formula is C15H15F3N2O2S. The monoisotopic (exact) mass is 344 g/mol. The van der Waals surface area contributed by atoms with Crippen LogP contribution in [0.4, 0.5) is 19.0 Å². The Morgan fingerprint density at radius 1 is 1.26 bits per heavy atom. The molecule has 0 amide bonds. The molecule has 0 unspecified atom stereocenters. The lowest BCUT2D eigenvalue weighted by Crippen LogP contribution is -2.30. The minimum Gasteiger partial charge on any atom is -0.465 e. The number of rotatable bonds is 2. The van der Waals surface area contributed by atoms with Crippen LogP contribution in [-0.2, 0) is 10.9 Å². The summed E-state index contributed by atoms with van der Waals surface area (Å²) in [7, 11) is 1.20. The maximum absolute atomic E-state index is 13.4. The Kier molecular flexibility index (Phi) is 4.18. The van der Waals surface area contributed by atoms with Gasteiger partial charge >= 0.3 is 12.1 Å². The number of fused-ring (bicyclic) bond motifs is 1. The second kappa shape index (κ2) is 5.99. The number of piperidine rings is 1. The Bertz CT molecular complexity index is 736. The molecule has 0 aliphatic carbocycles. The van der Waals surface area contributed by atoms with Crippen LogP contribution in [0.3, 0.4) is 0 Å². The van der Waals surface area contributed by atoms with Crippen LogP contribution in [0.5, 0.6) is 0 Å². The van der Waals surface area contributed by atoms with Crippen LogP contribution in [0.25, 0.3) is 10.2 Å². The molecule has 23 heavy (non-hydrogen) atoms. The number of anilines is 1. The van der Waals surface area contributed by atoms with E-state index in [0.29, 0.717) is 18.9 Å². The lowest BCUT2D eigenvalue weighted by Gasteiger charge is -2.28. The minimum absolute atomic E-state index is 0.0522. The first-order valence-corrected chi connectivity index (χ1v) is 8.07. The number of ether oxygens (including phenoxy) is 1. The summed E-state index contributed by atoms with van der Waals surface area (Å²) in [6, 6.07) is 2.29. The summed E-state index contributed by atoms with van der Waals surface area (Å²) in [5.74, 6) is -0.330. The molecule has 1 fully saturated rings. The van der Waals surface area contributed by atoms with E-state index in [0.717, 1.165) is 36.7 Å². The Hall–Kier alpha value is -1.83. The Morgan fingerprint density at radius 2 is 1.96 bits per heavy atom. The highest BCUT2D eigenvalue weighted by molar-refractivity contribution is 7.20. The Labute approximate surface area is 134 Å². The van der Waals surface area contributed by atoms with Gasteiger partial charge < -0.3 is 9.64 Å². The van der Waals surface area contributed by atoms with Gasteiger partial charge in [-0.1, -0.05) is 0 Å².